The summed E-state index contributed by atoms with van der Waals surface area (Å²) in [5.74, 6) is -2.65. The Labute approximate surface area is 498 Å². The van der Waals surface area contributed by atoms with Crippen LogP contribution in [-0.2, 0) is 76.6 Å². The van der Waals surface area contributed by atoms with Crippen LogP contribution < -0.4 is 10.6 Å². The lowest BCUT2D eigenvalue weighted by molar-refractivity contribution is -0.576. The van der Waals surface area contributed by atoms with Crippen molar-refractivity contribution in [3.63, 3.8) is 0 Å². The molecular formula is C62H102N4O18. The average molecular weight is 1190 g/mol. The normalized spacial score (nSPS) is 35.7. The van der Waals surface area contributed by atoms with Gasteiger partial charge in [0.15, 0.2) is 23.8 Å². The first-order valence-corrected chi connectivity index (χ1v) is 31.9. The molecule has 84 heavy (non-hydrogen) atoms. The van der Waals surface area contributed by atoms with E-state index in [1.807, 2.05) is 69.2 Å². The summed E-state index contributed by atoms with van der Waals surface area (Å²) < 4.78 is 48.7. The molecule has 8 saturated heterocycles. The molecule has 478 valence electrons. The number of carbonyl (C=O) groups is 6. The predicted molar refractivity (Wildman–Crippen MR) is 303 cm³/mol. The largest absolute Gasteiger partial charge is 0.444 e. The number of carbonyl (C=O) groups excluding carboxylic acids is 6. The van der Waals surface area contributed by atoms with Gasteiger partial charge in [-0.3, -0.25) is 19.2 Å². The number of esters is 2. The van der Waals surface area contributed by atoms with Crippen LogP contribution in [0.3, 0.4) is 0 Å². The Bertz CT molecular complexity index is 2130. The summed E-state index contributed by atoms with van der Waals surface area (Å²) in [5, 5.41) is 5.77. The van der Waals surface area contributed by atoms with E-state index in [4.69, 9.17) is 57.4 Å². The van der Waals surface area contributed by atoms with Crippen molar-refractivity contribution in [2.45, 2.75) is 271 Å². The maximum atomic E-state index is 13.3. The Morgan fingerprint density at radius 1 is 0.476 bits per heavy atom. The van der Waals surface area contributed by atoms with Crippen LogP contribution in [0.25, 0.3) is 0 Å². The van der Waals surface area contributed by atoms with Crippen molar-refractivity contribution in [2.75, 3.05) is 39.3 Å². The average Bonchev–Trinajstić information content (AvgIpc) is 1.33. The summed E-state index contributed by atoms with van der Waals surface area (Å²) >= 11 is 0. The van der Waals surface area contributed by atoms with E-state index in [9.17, 15) is 28.8 Å². The summed E-state index contributed by atoms with van der Waals surface area (Å²) in [4.78, 5) is 106. The molecule has 22 heteroatoms. The summed E-state index contributed by atoms with van der Waals surface area (Å²) in [6.07, 6.45) is 8.79. The van der Waals surface area contributed by atoms with Gasteiger partial charge in [-0.05, 0) is 143 Å². The minimum absolute atomic E-state index is 0.00782. The third kappa shape index (κ3) is 15.9. The number of nitrogens with one attached hydrogen (secondary N) is 2. The first-order valence-electron chi connectivity index (χ1n) is 31.9. The quantitative estimate of drug-likeness (QED) is 0.0374. The summed E-state index contributed by atoms with van der Waals surface area (Å²) in [5.41, 5.74) is -2.88. The third-order valence-corrected chi connectivity index (χ3v) is 19.1. The molecule has 0 aromatic carbocycles. The van der Waals surface area contributed by atoms with Gasteiger partial charge in [-0.25, -0.2) is 29.1 Å². The monoisotopic (exact) mass is 1190 g/mol. The molecule has 22 nitrogen and oxygen atoms in total. The van der Waals surface area contributed by atoms with Crippen molar-refractivity contribution < 1.29 is 86.2 Å². The van der Waals surface area contributed by atoms with Crippen LogP contribution in [-0.4, -0.2) is 144 Å². The molecule has 16 atom stereocenters. The second-order valence-electron chi connectivity index (χ2n) is 28.0. The lowest BCUT2D eigenvalue weighted by Crippen LogP contribution is -2.70. The highest BCUT2D eigenvalue weighted by Gasteiger charge is 2.71. The highest BCUT2D eigenvalue weighted by atomic mass is 17.3. The van der Waals surface area contributed by atoms with Crippen molar-refractivity contribution in [3.05, 3.63) is 0 Å². The van der Waals surface area contributed by atoms with E-state index in [0.717, 1.165) is 77.0 Å². The standard InChI is InChI=1S/C62H102N4O18/c1-39-21-23-45-41(3)51(75-53-61(45)43(39)29-31-59(11,77-53)81-83-61)73-49(69)27-25-47(67)63-33-19-37-65(55(71)79-57(5,6)7)35-17-15-13-14-16-18-36-66(56(72)80-58(8,9)10)38-20-34-64-48(68)26-28-50(70)74-52-42(4)46-24-22-40(2)44-30-32-60(12)78-54(76-52)62(44,46)84-82-60/h39-46,51-54H,13-38H2,1-12H3,(H,63,67)(H,64,68)/t39-,40-,41-,42-,43+,44+,45+,46+,51-,52-,53-,54-,59-,60-,61-,62-/m1/s1. The second kappa shape index (κ2) is 27.6. The molecule has 2 aliphatic carbocycles. The highest BCUT2D eigenvalue weighted by molar-refractivity contribution is 5.82. The Hall–Kier alpha value is -3.90. The van der Waals surface area contributed by atoms with Crippen molar-refractivity contribution in [1.29, 1.82) is 0 Å². The Kier molecular flexibility index (Phi) is 21.7. The van der Waals surface area contributed by atoms with Gasteiger partial charge in [0.2, 0.25) is 36.0 Å². The summed E-state index contributed by atoms with van der Waals surface area (Å²) in [6, 6.07) is 0. The number of hydrogen-bond acceptors (Lipinski definition) is 18. The Morgan fingerprint density at radius 3 is 1.23 bits per heavy atom. The molecule has 10 rings (SSSR count). The van der Waals surface area contributed by atoms with Crippen molar-refractivity contribution in [3.8, 4) is 0 Å². The first-order chi connectivity index (χ1) is 39.6. The van der Waals surface area contributed by atoms with Crippen LogP contribution in [0.5, 0.6) is 0 Å². The molecule has 2 N–H and O–H groups in total. The number of ether oxygens (including phenoxy) is 8. The van der Waals surface area contributed by atoms with E-state index in [2.05, 4.69) is 24.5 Å². The SMILES string of the molecule is C[C@H]1[C@H](OC(=O)CCC(=O)NCCCN(CCCCCCCCN(CCCNC(=O)CCC(=O)O[C@@H]2O[C@@H]3O[C@@]4(C)CC[C@H]5[C@H](C)CC[C@@H]([C@H]2C)[C@@]35OO4)C(=O)OC(C)(C)C)C(=O)OC(C)(C)C)O[C@@H]2O[C@@]3(C)CC[C@H]4[C@H](C)CC[C@@H]1[C@@]24OO3. The van der Waals surface area contributed by atoms with Crippen molar-refractivity contribution >= 4 is 35.9 Å². The van der Waals surface area contributed by atoms with Gasteiger partial charge in [0.1, 0.15) is 11.2 Å². The molecule has 0 aromatic rings. The lowest BCUT2D eigenvalue weighted by Gasteiger charge is -2.59. The second-order valence-corrected chi connectivity index (χ2v) is 28.0. The van der Waals surface area contributed by atoms with E-state index in [1.54, 1.807) is 9.80 Å². The van der Waals surface area contributed by atoms with E-state index < -0.39 is 83.3 Å². The molecule has 8 heterocycles. The fraction of sp³-hybridized carbons (Fsp3) is 0.903. The zero-order valence-corrected chi connectivity index (χ0v) is 52.6. The Morgan fingerprint density at radius 2 is 0.845 bits per heavy atom. The zero-order chi connectivity index (χ0) is 60.8. The smallest absolute Gasteiger partial charge is 0.410 e. The maximum Gasteiger partial charge on any atom is 0.410 e. The number of unbranched alkanes of at least 4 members (excludes halogenated alkanes) is 5. The van der Waals surface area contributed by atoms with Gasteiger partial charge in [-0.2, -0.15) is 0 Å². The van der Waals surface area contributed by atoms with Gasteiger partial charge in [0, 0.05) is 88.6 Å². The molecule has 10 fully saturated rings. The molecule has 8 aliphatic heterocycles. The van der Waals surface area contributed by atoms with Gasteiger partial charge in [0.25, 0.3) is 0 Å². The molecular weight excluding hydrogens is 1090 g/mol. The fourth-order valence-corrected chi connectivity index (χ4v) is 14.5. The molecule has 0 radical (unpaired) electrons. The summed E-state index contributed by atoms with van der Waals surface area (Å²) in [7, 11) is 0. The molecule has 0 aromatic heterocycles. The van der Waals surface area contributed by atoms with Crippen LogP contribution >= 0.6 is 0 Å². The number of amides is 4. The van der Waals surface area contributed by atoms with Gasteiger partial charge in [0.05, 0.1) is 12.8 Å². The molecule has 4 bridgehead atoms. The number of rotatable bonds is 25. The molecule has 2 saturated carbocycles. The Balaban J connectivity index is 0.689. The van der Waals surface area contributed by atoms with Crippen LogP contribution in [0.2, 0.25) is 0 Å². The van der Waals surface area contributed by atoms with E-state index in [0.29, 0.717) is 76.8 Å². The van der Waals surface area contributed by atoms with Crippen LogP contribution in [0.15, 0.2) is 0 Å². The van der Waals surface area contributed by atoms with Gasteiger partial charge >= 0.3 is 24.1 Å². The predicted octanol–water partition coefficient (Wildman–Crippen LogP) is 9.88. The minimum atomic E-state index is -0.943. The lowest BCUT2D eigenvalue weighted by atomic mass is 9.58. The van der Waals surface area contributed by atoms with Gasteiger partial charge in [-0.15, -0.1) is 0 Å². The summed E-state index contributed by atoms with van der Waals surface area (Å²) in [6.45, 7) is 25.6. The van der Waals surface area contributed by atoms with E-state index >= 15 is 0 Å². The van der Waals surface area contributed by atoms with Gasteiger partial charge < -0.3 is 58.3 Å². The molecule has 0 unspecified atom stereocenters. The zero-order valence-electron chi connectivity index (χ0n) is 52.6. The van der Waals surface area contributed by atoms with Crippen molar-refractivity contribution in [2.24, 2.45) is 47.3 Å². The topological polar surface area (TPSA) is 244 Å². The highest BCUT2D eigenvalue weighted by Crippen LogP contribution is 2.62. The van der Waals surface area contributed by atoms with Crippen LogP contribution in [0.4, 0.5) is 9.59 Å². The fourth-order valence-electron chi connectivity index (χ4n) is 14.5. The van der Waals surface area contributed by atoms with E-state index in [-0.39, 0.29) is 73.0 Å². The number of fused-ring (bicyclic) bond motifs is 4. The third-order valence-electron chi connectivity index (χ3n) is 19.1. The van der Waals surface area contributed by atoms with Crippen molar-refractivity contribution in [1.82, 2.24) is 20.4 Å². The number of nitrogens with zero attached hydrogens (tertiary/aromatic N) is 2. The molecule has 10 aliphatic rings. The first kappa shape index (κ1) is 66.1. The number of hydrogen-bond donors (Lipinski definition) is 2. The molecule has 4 amide bonds. The van der Waals surface area contributed by atoms with Gasteiger partial charge in [-0.1, -0.05) is 53.4 Å². The van der Waals surface area contributed by atoms with E-state index in [1.165, 1.54) is 0 Å². The van der Waals surface area contributed by atoms with Crippen LogP contribution in [0.1, 0.15) is 212 Å². The van der Waals surface area contributed by atoms with Crippen LogP contribution in [0, 0.1) is 47.3 Å². The minimum Gasteiger partial charge on any atom is -0.444 e. The molecule has 2 spiro atoms. The maximum absolute atomic E-state index is 13.3.